The van der Waals surface area contributed by atoms with Crippen LogP contribution in [-0.2, 0) is 9.59 Å². The molecule has 6 nitrogen and oxygen atoms in total. The molecule has 1 unspecified atom stereocenters. The van der Waals surface area contributed by atoms with Gasteiger partial charge in [-0.05, 0) is 56.3 Å². The number of rotatable bonds is 2. The minimum atomic E-state index is -0.405. The van der Waals surface area contributed by atoms with Crippen LogP contribution < -0.4 is 10.6 Å². The first-order chi connectivity index (χ1) is 13.0. The third-order valence-electron chi connectivity index (χ3n) is 6.47. The Morgan fingerprint density at radius 1 is 1.15 bits per heavy atom. The van der Waals surface area contributed by atoms with Gasteiger partial charge in [-0.2, -0.15) is 0 Å². The van der Waals surface area contributed by atoms with Gasteiger partial charge < -0.3 is 20.4 Å². The summed E-state index contributed by atoms with van der Waals surface area (Å²) in [5.74, 6) is -0.745. The van der Waals surface area contributed by atoms with Crippen molar-refractivity contribution in [3.8, 4) is 0 Å². The molecular weight excluding hydrogens is 347 g/mol. The van der Waals surface area contributed by atoms with Crippen molar-refractivity contribution in [2.45, 2.75) is 31.2 Å². The molecule has 3 aliphatic rings. The van der Waals surface area contributed by atoms with Crippen molar-refractivity contribution in [3.63, 3.8) is 0 Å². The topological polar surface area (TPSA) is 69.9 Å². The van der Waals surface area contributed by atoms with Crippen LogP contribution in [0.3, 0.4) is 0 Å². The number of nitrogens with two attached hydrogens (primary N) is 1. The Labute approximate surface area is 159 Å². The first kappa shape index (κ1) is 18.2. The second kappa shape index (κ2) is 7.11. The van der Waals surface area contributed by atoms with E-state index in [2.05, 4.69) is 0 Å². The minimum absolute atomic E-state index is 0.125. The molecule has 0 radical (unpaired) electrons. The van der Waals surface area contributed by atoms with Crippen LogP contribution in [0.25, 0.3) is 0 Å². The molecule has 1 aromatic rings. The monoisotopic (exact) mass is 374 g/mol. The van der Waals surface area contributed by atoms with E-state index in [0.717, 1.165) is 31.4 Å². The van der Waals surface area contributed by atoms with Gasteiger partial charge in [0.15, 0.2) is 0 Å². The van der Waals surface area contributed by atoms with E-state index in [9.17, 15) is 14.0 Å². The molecule has 4 rings (SSSR count). The largest absolute Gasteiger partial charge is 0.368 e. The molecule has 1 aliphatic carbocycles. The number of amides is 2. The van der Waals surface area contributed by atoms with Crippen molar-refractivity contribution in [2.24, 2.45) is 11.7 Å². The predicted molar refractivity (Wildman–Crippen MR) is 101 cm³/mol. The van der Waals surface area contributed by atoms with Gasteiger partial charge >= 0.3 is 11.8 Å². The average Bonchev–Trinajstić information content (AvgIpc) is 3.07. The van der Waals surface area contributed by atoms with Gasteiger partial charge in [0.25, 0.3) is 0 Å². The molecule has 27 heavy (non-hydrogen) atoms. The Morgan fingerprint density at radius 3 is 2.48 bits per heavy atom. The van der Waals surface area contributed by atoms with Crippen LogP contribution >= 0.6 is 0 Å². The fourth-order valence-corrected chi connectivity index (χ4v) is 4.77. The maximum atomic E-state index is 13.4. The summed E-state index contributed by atoms with van der Waals surface area (Å²) in [6.45, 7) is 3.30. The number of halogens is 1. The van der Waals surface area contributed by atoms with E-state index in [1.54, 1.807) is 11.0 Å². The molecule has 1 saturated carbocycles. The van der Waals surface area contributed by atoms with Crippen molar-refractivity contribution in [1.82, 2.24) is 9.80 Å². The summed E-state index contributed by atoms with van der Waals surface area (Å²) in [5, 5.41) is 0. The van der Waals surface area contributed by atoms with E-state index in [1.165, 1.54) is 12.1 Å². The summed E-state index contributed by atoms with van der Waals surface area (Å²) in [4.78, 5) is 31.3. The number of hydrogen-bond donors (Lipinski definition) is 1. The summed E-state index contributed by atoms with van der Waals surface area (Å²) in [6.07, 6.45) is 4.00. The van der Waals surface area contributed by atoms with E-state index < -0.39 is 5.91 Å². The van der Waals surface area contributed by atoms with Crippen LogP contribution in [0.1, 0.15) is 25.7 Å². The molecule has 1 atom stereocenters. The number of carbonyl (C=O) groups excluding carboxylic acids is 2. The van der Waals surface area contributed by atoms with E-state index >= 15 is 0 Å². The van der Waals surface area contributed by atoms with Crippen LogP contribution in [0, 0.1) is 11.7 Å². The van der Waals surface area contributed by atoms with Gasteiger partial charge in [0, 0.05) is 44.0 Å². The maximum Gasteiger partial charge on any atom is 0.312 e. The van der Waals surface area contributed by atoms with Crippen LogP contribution in [0.2, 0.25) is 0 Å². The lowest BCUT2D eigenvalue weighted by Crippen LogP contribution is -2.58. The lowest BCUT2D eigenvalue weighted by atomic mass is 9.73. The third-order valence-corrected chi connectivity index (χ3v) is 6.47. The summed E-state index contributed by atoms with van der Waals surface area (Å²) < 4.78 is 13.4. The van der Waals surface area contributed by atoms with E-state index in [-0.39, 0.29) is 17.3 Å². The highest BCUT2D eigenvalue weighted by Crippen LogP contribution is 2.47. The Morgan fingerprint density at radius 2 is 1.89 bits per heavy atom. The minimum Gasteiger partial charge on any atom is -0.368 e. The van der Waals surface area contributed by atoms with Gasteiger partial charge in [-0.25, -0.2) is 4.39 Å². The molecular formula is C20H27FN4O2. The molecule has 2 saturated heterocycles. The number of carbonyl (C=O) groups is 2. The van der Waals surface area contributed by atoms with Crippen molar-refractivity contribution in [1.29, 1.82) is 0 Å². The second-order valence-corrected chi connectivity index (χ2v) is 8.06. The van der Waals surface area contributed by atoms with E-state index in [1.807, 2.05) is 15.9 Å². The summed E-state index contributed by atoms with van der Waals surface area (Å²) in [5.41, 5.74) is 6.52. The van der Waals surface area contributed by atoms with Crippen LogP contribution in [0.5, 0.6) is 0 Å². The summed E-state index contributed by atoms with van der Waals surface area (Å²) in [7, 11) is 0. The number of anilines is 1. The Kier molecular flexibility index (Phi) is 4.80. The van der Waals surface area contributed by atoms with Crippen molar-refractivity contribution >= 4 is 17.5 Å². The number of benzene rings is 1. The van der Waals surface area contributed by atoms with Gasteiger partial charge in [-0.1, -0.05) is 6.07 Å². The SMILES string of the molecule is NCC1CN(C(=O)C(=O)N2CCN(c3cccc(F)c3)CC2)C2(CCC2)C1. The Balaban J connectivity index is 1.38. The van der Waals surface area contributed by atoms with Gasteiger partial charge in [-0.15, -0.1) is 0 Å². The fourth-order valence-electron chi connectivity index (χ4n) is 4.77. The highest BCUT2D eigenvalue weighted by Gasteiger charge is 2.52. The van der Waals surface area contributed by atoms with Crippen molar-refractivity contribution in [2.75, 3.05) is 44.2 Å². The van der Waals surface area contributed by atoms with E-state index in [0.29, 0.717) is 45.2 Å². The van der Waals surface area contributed by atoms with Crippen LogP contribution in [-0.4, -0.2) is 66.4 Å². The van der Waals surface area contributed by atoms with E-state index in [4.69, 9.17) is 5.73 Å². The molecule has 0 bridgehead atoms. The lowest BCUT2D eigenvalue weighted by molar-refractivity contribution is -0.156. The van der Waals surface area contributed by atoms with Crippen molar-refractivity contribution in [3.05, 3.63) is 30.1 Å². The molecule has 0 aromatic heterocycles. The highest BCUT2D eigenvalue weighted by atomic mass is 19.1. The number of likely N-dealkylation sites (tertiary alicyclic amines) is 1. The molecule has 2 N–H and O–H groups in total. The highest BCUT2D eigenvalue weighted by molar-refractivity contribution is 6.35. The molecule has 7 heteroatoms. The first-order valence-corrected chi connectivity index (χ1v) is 9.84. The molecule has 146 valence electrons. The third kappa shape index (κ3) is 3.29. The number of hydrogen-bond acceptors (Lipinski definition) is 4. The molecule has 2 aliphatic heterocycles. The first-order valence-electron chi connectivity index (χ1n) is 9.84. The van der Waals surface area contributed by atoms with Gasteiger partial charge in [0.1, 0.15) is 5.82 Å². The zero-order valence-electron chi connectivity index (χ0n) is 15.6. The normalized spacial score (nSPS) is 24.2. The predicted octanol–water partition coefficient (Wildman–Crippen LogP) is 1.20. The molecule has 1 spiro atoms. The standard InChI is InChI=1S/C20H27FN4O2/c21-16-3-1-4-17(11-16)23-7-9-24(10-8-23)18(26)19(27)25-14-15(13-22)12-20(25)5-2-6-20/h1,3-4,11,15H,2,5-10,12-14,22H2. The summed E-state index contributed by atoms with van der Waals surface area (Å²) in [6, 6.07) is 6.47. The zero-order valence-corrected chi connectivity index (χ0v) is 15.6. The zero-order chi connectivity index (χ0) is 19.0. The number of piperazine rings is 1. The average molecular weight is 374 g/mol. The molecule has 1 aromatic carbocycles. The molecule has 2 amide bonds. The van der Waals surface area contributed by atoms with Gasteiger partial charge in [-0.3, -0.25) is 9.59 Å². The summed E-state index contributed by atoms with van der Waals surface area (Å²) >= 11 is 0. The van der Waals surface area contributed by atoms with Crippen LogP contribution in [0.15, 0.2) is 24.3 Å². The second-order valence-electron chi connectivity index (χ2n) is 8.06. The van der Waals surface area contributed by atoms with Crippen LogP contribution in [0.4, 0.5) is 10.1 Å². The fraction of sp³-hybridized carbons (Fsp3) is 0.600. The molecule has 3 fully saturated rings. The number of nitrogens with zero attached hydrogens (tertiary/aromatic N) is 3. The quantitative estimate of drug-likeness (QED) is 0.790. The van der Waals surface area contributed by atoms with Gasteiger partial charge in [0.05, 0.1) is 0 Å². The Hall–Kier alpha value is -2.15. The lowest BCUT2D eigenvalue weighted by Gasteiger charge is -2.46. The smallest absolute Gasteiger partial charge is 0.312 e. The maximum absolute atomic E-state index is 13.4. The molecule has 2 heterocycles. The van der Waals surface area contributed by atoms with Crippen molar-refractivity contribution < 1.29 is 14.0 Å². The Bertz CT molecular complexity index is 728. The van der Waals surface area contributed by atoms with Gasteiger partial charge in [0.2, 0.25) is 0 Å².